The molecule has 0 aliphatic heterocycles. The summed E-state index contributed by atoms with van der Waals surface area (Å²) in [4.78, 5) is 24.6. The number of amides is 1. The molecule has 19 heavy (non-hydrogen) atoms. The molecule has 3 N–H and O–H groups in total. The normalized spacial score (nSPS) is 12.6. The fourth-order valence-electron chi connectivity index (χ4n) is 1.78. The summed E-state index contributed by atoms with van der Waals surface area (Å²) >= 11 is 0. The van der Waals surface area contributed by atoms with E-state index < -0.39 is 24.3 Å². The molecule has 0 spiro atoms. The average Bonchev–Trinajstić information content (AvgIpc) is 2.71. The highest BCUT2D eigenvalue weighted by atomic mass is 16.4. The molecule has 0 aliphatic carbocycles. The van der Waals surface area contributed by atoms with Crippen LogP contribution in [0.15, 0.2) is 27.4 Å². The standard InChI is InChI=1S/C12H15N3O4/c1-14(11(17)8(13)6-16)7-3-4-10-9(5-7)15(2)12(18)19-10/h3-5,8,16H,6,13H2,1-2H3. The maximum Gasteiger partial charge on any atom is 0.419 e. The first-order chi connectivity index (χ1) is 8.95. The van der Waals surface area contributed by atoms with Crippen molar-refractivity contribution in [1.82, 2.24) is 4.57 Å². The van der Waals surface area contributed by atoms with Gasteiger partial charge in [0.1, 0.15) is 6.04 Å². The van der Waals surface area contributed by atoms with Gasteiger partial charge in [-0.15, -0.1) is 0 Å². The van der Waals surface area contributed by atoms with Gasteiger partial charge >= 0.3 is 5.76 Å². The fourth-order valence-corrected chi connectivity index (χ4v) is 1.78. The van der Waals surface area contributed by atoms with Gasteiger partial charge in [0.2, 0.25) is 5.91 Å². The molecule has 1 atom stereocenters. The summed E-state index contributed by atoms with van der Waals surface area (Å²) in [6.07, 6.45) is 0. The lowest BCUT2D eigenvalue weighted by atomic mass is 10.2. The van der Waals surface area contributed by atoms with Crippen molar-refractivity contribution in [3.05, 3.63) is 28.7 Å². The Morgan fingerprint density at radius 3 is 2.89 bits per heavy atom. The lowest BCUT2D eigenvalue weighted by Crippen LogP contribution is -2.44. The monoisotopic (exact) mass is 265 g/mol. The molecule has 1 aromatic heterocycles. The van der Waals surface area contributed by atoms with Crippen LogP contribution in [0.5, 0.6) is 0 Å². The highest BCUT2D eigenvalue weighted by Crippen LogP contribution is 2.20. The molecule has 0 saturated carbocycles. The third-order valence-electron chi connectivity index (χ3n) is 3.01. The molecule has 1 heterocycles. The van der Waals surface area contributed by atoms with E-state index >= 15 is 0 Å². The third-order valence-corrected chi connectivity index (χ3v) is 3.01. The van der Waals surface area contributed by atoms with Crippen molar-refractivity contribution in [2.24, 2.45) is 12.8 Å². The number of carbonyl (C=O) groups is 1. The van der Waals surface area contributed by atoms with Gasteiger partial charge in [-0.1, -0.05) is 0 Å². The summed E-state index contributed by atoms with van der Waals surface area (Å²) in [6.45, 7) is -0.421. The Labute approximate surface area is 108 Å². The minimum atomic E-state index is -0.964. The number of hydrogen-bond donors (Lipinski definition) is 2. The zero-order valence-electron chi connectivity index (χ0n) is 10.7. The summed E-state index contributed by atoms with van der Waals surface area (Å²) in [5.41, 5.74) is 7.08. The van der Waals surface area contributed by atoms with Gasteiger partial charge in [-0.3, -0.25) is 9.36 Å². The topological polar surface area (TPSA) is 102 Å². The number of anilines is 1. The van der Waals surface area contributed by atoms with Crippen LogP contribution in [0, 0.1) is 0 Å². The quantitative estimate of drug-likeness (QED) is 0.772. The molecular weight excluding hydrogens is 250 g/mol. The number of rotatable bonds is 3. The van der Waals surface area contributed by atoms with Crippen molar-refractivity contribution < 1.29 is 14.3 Å². The van der Waals surface area contributed by atoms with Crippen LogP contribution in [0.1, 0.15) is 0 Å². The maximum absolute atomic E-state index is 11.8. The van der Waals surface area contributed by atoms with Crippen LogP contribution >= 0.6 is 0 Å². The zero-order valence-corrected chi connectivity index (χ0v) is 10.7. The summed E-state index contributed by atoms with van der Waals surface area (Å²) < 4.78 is 6.35. The molecule has 2 aromatic rings. The molecule has 0 aliphatic rings. The average molecular weight is 265 g/mol. The van der Waals surface area contributed by atoms with Crippen LogP contribution in [0.2, 0.25) is 0 Å². The van der Waals surface area contributed by atoms with E-state index in [1.165, 1.54) is 9.47 Å². The number of aliphatic hydroxyl groups excluding tert-OH is 1. The van der Waals surface area contributed by atoms with Gasteiger partial charge in [-0.25, -0.2) is 4.79 Å². The van der Waals surface area contributed by atoms with Crippen molar-refractivity contribution in [3.8, 4) is 0 Å². The number of oxazole rings is 1. The molecule has 7 heteroatoms. The predicted octanol–water partition coefficient (Wildman–Crippen LogP) is -0.586. The van der Waals surface area contributed by atoms with E-state index in [1.807, 2.05) is 0 Å². The molecule has 2 rings (SSSR count). The summed E-state index contributed by atoms with van der Waals surface area (Å²) in [6, 6.07) is 3.95. The molecule has 0 bridgehead atoms. The lowest BCUT2D eigenvalue weighted by molar-refractivity contribution is -0.120. The Hall–Kier alpha value is -2.12. The second kappa shape index (κ2) is 4.87. The van der Waals surface area contributed by atoms with Gasteiger partial charge in [0.05, 0.1) is 12.1 Å². The van der Waals surface area contributed by atoms with Crippen molar-refractivity contribution >= 4 is 22.7 Å². The predicted molar refractivity (Wildman–Crippen MR) is 69.9 cm³/mol. The molecule has 0 fully saturated rings. The minimum absolute atomic E-state index is 0.407. The van der Waals surface area contributed by atoms with Crippen LogP contribution in [0.3, 0.4) is 0 Å². The van der Waals surface area contributed by atoms with Crippen molar-refractivity contribution in [3.63, 3.8) is 0 Å². The van der Waals surface area contributed by atoms with E-state index in [0.29, 0.717) is 16.8 Å². The number of benzene rings is 1. The summed E-state index contributed by atoms with van der Waals surface area (Å²) in [5.74, 6) is -0.872. The smallest absolute Gasteiger partial charge is 0.408 e. The summed E-state index contributed by atoms with van der Waals surface area (Å²) in [5, 5.41) is 8.89. The van der Waals surface area contributed by atoms with E-state index in [-0.39, 0.29) is 0 Å². The molecule has 7 nitrogen and oxygen atoms in total. The Balaban J connectivity index is 2.43. The SMILES string of the molecule is CN(C(=O)C(N)CO)c1ccc2oc(=O)n(C)c2c1. The van der Waals surface area contributed by atoms with Crippen molar-refractivity contribution in [2.75, 3.05) is 18.6 Å². The van der Waals surface area contributed by atoms with E-state index in [2.05, 4.69) is 0 Å². The van der Waals surface area contributed by atoms with Gasteiger partial charge in [0.15, 0.2) is 5.58 Å². The van der Waals surface area contributed by atoms with Crippen LogP contribution in [0.4, 0.5) is 5.69 Å². The van der Waals surface area contributed by atoms with Crippen LogP contribution in [0.25, 0.3) is 11.1 Å². The highest BCUT2D eigenvalue weighted by molar-refractivity contribution is 5.98. The largest absolute Gasteiger partial charge is 0.419 e. The second-order valence-corrected chi connectivity index (χ2v) is 4.27. The number of hydrogen-bond acceptors (Lipinski definition) is 5. The lowest BCUT2D eigenvalue weighted by Gasteiger charge is -2.20. The molecular formula is C12H15N3O4. The minimum Gasteiger partial charge on any atom is -0.408 e. The van der Waals surface area contributed by atoms with E-state index in [9.17, 15) is 9.59 Å². The number of fused-ring (bicyclic) bond motifs is 1. The van der Waals surface area contributed by atoms with Gasteiger partial charge in [-0.05, 0) is 18.2 Å². The molecule has 0 saturated heterocycles. The number of aliphatic hydroxyl groups is 1. The van der Waals surface area contributed by atoms with Gasteiger partial charge < -0.3 is 20.2 Å². The second-order valence-electron chi connectivity index (χ2n) is 4.27. The van der Waals surface area contributed by atoms with Crippen LogP contribution < -0.4 is 16.4 Å². The number of nitrogens with two attached hydrogens (primary N) is 1. The third kappa shape index (κ3) is 2.25. The van der Waals surface area contributed by atoms with Gasteiger partial charge in [0.25, 0.3) is 0 Å². The first-order valence-corrected chi connectivity index (χ1v) is 5.69. The summed E-state index contributed by atoms with van der Waals surface area (Å²) in [7, 11) is 3.14. The maximum atomic E-state index is 11.8. The Kier molecular flexibility index (Phi) is 3.41. The van der Waals surface area contributed by atoms with Crippen molar-refractivity contribution in [2.45, 2.75) is 6.04 Å². The fraction of sp³-hybridized carbons (Fsp3) is 0.333. The number of nitrogens with zero attached hydrogens (tertiary/aromatic N) is 2. The van der Waals surface area contributed by atoms with Gasteiger partial charge in [0, 0.05) is 19.8 Å². The van der Waals surface area contributed by atoms with Crippen LogP contribution in [-0.2, 0) is 11.8 Å². The first kappa shape index (κ1) is 13.3. The number of carbonyl (C=O) groups excluding carboxylic acids is 1. The molecule has 1 aromatic carbocycles. The van der Waals surface area contributed by atoms with E-state index in [0.717, 1.165) is 0 Å². The highest BCUT2D eigenvalue weighted by Gasteiger charge is 2.19. The Morgan fingerprint density at radius 1 is 1.58 bits per heavy atom. The number of likely N-dealkylation sites (N-methyl/N-ethyl adjacent to an activating group) is 1. The van der Waals surface area contributed by atoms with Gasteiger partial charge in [-0.2, -0.15) is 0 Å². The zero-order chi connectivity index (χ0) is 14.2. The molecule has 1 amide bonds. The Morgan fingerprint density at radius 2 is 2.26 bits per heavy atom. The van der Waals surface area contributed by atoms with Crippen LogP contribution in [-0.4, -0.2) is 35.3 Å². The molecule has 102 valence electrons. The number of aryl methyl sites for hydroxylation is 1. The number of aromatic nitrogens is 1. The first-order valence-electron chi connectivity index (χ1n) is 5.69. The molecule has 0 radical (unpaired) electrons. The molecule has 1 unspecified atom stereocenters. The van der Waals surface area contributed by atoms with E-state index in [1.54, 1.807) is 32.3 Å². The Bertz CT molecular complexity index is 673. The van der Waals surface area contributed by atoms with E-state index in [4.69, 9.17) is 15.3 Å². The van der Waals surface area contributed by atoms with Crippen molar-refractivity contribution in [1.29, 1.82) is 0 Å².